The van der Waals surface area contributed by atoms with Gasteiger partial charge in [-0.25, -0.2) is 0 Å². The predicted octanol–water partition coefficient (Wildman–Crippen LogP) is 1.34. The summed E-state index contributed by atoms with van der Waals surface area (Å²) in [6.07, 6.45) is 4.97. The molecule has 0 aromatic heterocycles. The number of aliphatic hydroxyl groups is 2. The minimum atomic E-state index is -0.586. The molecule has 1 aliphatic heterocycles. The summed E-state index contributed by atoms with van der Waals surface area (Å²) in [5.74, 6) is 0.185. The fourth-order valence-electron chi connectivity index (χ4n) is 4.48. The molecule has 0 aromatic carbocycles. The lowest BCUT2D eigenvalue weighted by molar-refractivity contribution is -0.313. The predicted molar refractivity (Wildman–Crippen MR) is 71.2 cm³/mol. The van der Waals surface area contributed by atoms with Gasteiger partial charge in [-0.05, 0) is 51.4 Å². The van der Waals surface area contributed by atoms with E-state index in [2.05, 4.69) is 0 Å². The van der Waals surface area contributed by atoms with Crippen molar-refractivity contribution in [2.75, 3.05) is 0 Å². The van der Waals surface area contributed by atoms with E-state index in [1.165, 1.54) is 5.06 Å². The van der Waals surface area contributed by atoms with Gasteiger partial charge in [0.2, 0.25) is 0 Å². The molecule has 1 saturated heterocycles. The highest BCUT2D eigenvalue weighted by molar-refractivity contribution is 5.82. The highest BCUT2D eigenvalue weighted by Gasteiger charge is 2.56. The number of nitrogens with zero attached hydrogens (tertiary/aromatic N) is 1. The summed E-state index contributed by atoms with van der Waals surface area (Å²) in [7, 11) is 0. The molecule has 3 rings (SSSR count). The molecule has 0 amide bonds. The average molecular weight is 282 g/mol. The molecule has 5 nitrogen and oxygen atoms in total. The van der Waals surface area contributed by atoms with Gasteiger partial charge in [-0.15, -0.1) is 10.3 Å². The van der Waals surface area contributed by atoms with Gasteiger partial charge in [0, 0.05) is 12.8 Å². The summed E-state index contributed by atoms with van der Waals surface area (Å²) in [4.78, 5) is 12.2. The van der Waals surface area contributed by atoms with E-state index in [9.17, 15) is 20.2 Å². The van der Waals surface area contributed by atoms with E-state index in [-0.39, 0.29) is 18.0 Å². The van der Waals surface area contributed by atoms with Gasteiger partial charge >= 0.3 is 0 Å². The number of hydrogen-bond acceptors (Lipinski definition) is 4. The van der Waals surface area contributed by atoms with Crippen molar-refractivity contribution < 1.29 is 20.2 Å². The van der Waals surface area contributed by atoms with E-state index in [1.54, 1.807) is 0 Å². The van der Waals surface area contributed by atoms with E-state index in [0.29, 0.717) is 64.2 Å². The molecule has 1 radical (unpaired) electrons. The quantitative estimate of drug-likeness (QED) is 0.702. The van der Waals surface area contributed by atoms with Crippen LogP contribution in [0.25, 0.3) is 0 Å². The van der Waals surface area contributed by atoms with Gasteiger partial charge in [-0.3, -0.25) is 4.79 Å². The smallest absolute Gasteiger partial charge is 0.136 e. The lowest BCUT2D eigenvalue weighted by Gasteiger charge is -2.55. The number of hydrogen-bond donors (Lipinski definition) is 2. The van der Waals surface area contributed by atoms with Crippen molar-refractivity contribution in [2.24, 2.45) is 0 Å². The zero-order valence-electron chi connectivity index (χ0n) is 11.9. The number of ketones is 1. The topological polar surface area (TPSA) is 80.7 Å². The van der Waals surface area contributed by atoms with Crippen LogP contribution in [0.2, 0.25) is 0 Å². The molecule has 3 fully saturated rings. The zero-order valence-corrected chi connectivity index (χ0v) is 11.9. The van der Waals surface area contributed by atoms with E-state index < -0.39 is 11.1 Å². The molecule has 2 saturated carbocycles. The van der Waals surface area contributed by atoms with Crippen LogP contribution in [0, 0.1) is 0 Å². The first-order chi connectivity index (χ1) is 9.46. The molecule has 5 heteroatoms. The van der Waals surface area contributed by atoms with Crippen molar-refractivity contribution in [1.82, 2.24) is 5.06 Å². The van der Waals surface area contributed by atoms with Crippen molar-refractivity contribution in [1.29, 1.82) is 0 Å². The fourth-order valence-corrected chi connectivity index (χ4v) is 4.48. The van der Waals surface area contributed by atoms with Crippen LogP contribution in [-0.4, -0.2) is 44.3 Å². The summed E-state index contributed by atoms with van der Waals surface area (Å²) in [6, 6.07) is 0. The number of aliphatic hydroxyl groups excluding tert-OH is 2. The Morgan fingerprint density at radius 3 is 1.55 bits per heavy atom. The maximum atomic E-state index is 13.0. The Morgan fingerprint density at radius 1 is 0.850 bits per heavy atom. The second-order valence-corrected chi connectivity index (χ2v) is 7.10. The van der Waals surface area contributed by atoms with Crippen molar-refractivity contribution in [3.8, 4) is 0 Å². The first-order valence-corrected chi connectivity index (χ1v) is 7.81. The molecule has 20 heavy (non-hydrogen) atoms. The minimum Gasteiger partial charge on any atom is -0.393 e. The third-order valence-electron chi connectivity index (χ3n) is 5.69. The Hall–Kier alpha value is -0.490. The van der Waals surface area contributed by atoms with E-state index in [0.717, 1.165) is 0 Å². The summed E-state index contributed by atoms with van der Waals surface area (Å²) in [6.45, 7) is 0. The number of hydroxylamine groups is 2. The maximum Gasteiger partial charge on any atom is 0.136 e. The Bertz CT molecular complexity index is 347. The van der Waals surface area contributed by atoms with Crippen LogP contribution in [-0.2, 0) is 10.0 Å². The minimum absolute atomic E-state index is 0.185. The lowest BCUT2D eigenvalue weighted by atomic mass is 9.66. The average Bonchev–Trinajstić information content (AvgIpc) is 2.43. The molecule has 0 atom stereocenters. The highest BCUT2D eigenvalue weighted by Crippen LogP contribution is 2.49. The van der Waals surface area contributed by atoms with Gasteiger partial charge in [0.25, 0.3) is 0 Å². The molecule has 113 valence electrons. The zero-order chi connectivity index (χ0) is 14.4. The van der Waals surface area contributed by atoms with Crippen LogP contribution in [0.15, 0.2) is 0 Å². The summed E-state index contributed by atoms with van der Waals surface area (Å²) in [5, 5.41) is 33.6. The Kier molecular flexibility index (Phi) is 3.65. The molecule has 0 aromatic rings. The molecular formula is C15H24NO4. The summed E-state index contributed by atoms with van der Waals surface area (Å²) >= 11 is 0. The molecule has 2 aliphatic carbocycles. The maximum absolute atomic E-state index is 13.0. The standard InChI is InChI=1S/C15H24NO4/c17-11-1-5-14(6-2-11)9-13(19)10-15(16(14)20)7-3-12(18)4-8-15/h11-12,17-18H,1-10H2. The van der Waals surface area contributed by atoms with Crippen LogP contribution < -0.4 is 0 Å². The first-order valence-electron chi connectivity index (χ1n) is 7.81. The van der Waals surface area contributed by atoms with Crippen LogP contribution in [0.5, 0.6) is 0 Å². The molecule has 0 unspecified atom stereocenters. The van der Waals surface area contributed by atoms with Crippen molar-refractivity contribution in [2.45, 2.75) is 87.5 Å². The highest BCUT2D eigenvalue weighted by atomic mass is 16.5. The SMILES string of the molecule is [O]N1C2(CCC(O)CC2)CC(=O)CC12CCC(O)CC2. The van der Waals surface area contributed by atoms with Gasteiger partial charge in [-0.2, -0.15) is 0 Å². The van der Waals surface area contributed by atoms with Gasteiger partial charge in [0.15, 0.2) is 0 Å². The Labute approximate surface area is 119 Å². The normalized spacial score (nSPS) is 47.0. The second-order valence-electron chi connectivity index (χ2n) is 7.10. The molecule has 2 spiro atoms. The number of carbonyl (C=O) groups is 1. The van der Waals surface area contributed by atoms with Crippen molar-refractivity contribution in [3.05, 3.63) is 0 Å². The summed E-state index contributed by atoms with van der Waals surface area (Å²) < 4.78 is 0. The first kappa shape index (κ1) is 14.4. The Morgan fingerprint density at radius 2 is 1.20 bits per heavy atom. The molecule has 1 heterocycles. The van der Waals surface area contributed by atoms with Crippen LogP contribution >= 0.6 is 0 Å². The monoisotopic (exact) mass is 282 g/mol. The molecule has 0 bridgehead atoms. The summed E-state index contributed by atoms with van der Waals surface area (Å²) in [5.41, 5.74) is -1.17. The van der Waals surface area contributed by atoms with Gasteiger partial charge < -0.3 is 10.2 Å². The van der Waals surface area contributed by atoms with Gasteiger partial charge in [0.1, 0.15) is 5.78 Å². The molecular weight excluding hydrogens is 258 g/mol. The van der Waals surface area contributed by atoms with Crippen LogP contribution in [0.4, 0.5) is 0 Å². The van der Waals surface area contributed by atoms with Crippen molar-refractivity contribution in [3.63, 3.8) is 0 Å². The van der Waals surface area contributed by atoms with Crippen LogP contribution in [0.3, 0.4) is 0 Å². The largest absolute Gasteiger partial charge is 0.393 e. The molecule has 2 N–H and O–H groups in total. The van der Waals surface area contributed by atoms with E-state index >= 15 is 0 Å². The number of piperidine rings is 1. The number of carbonyl (C=O) groups excluding carboxylic acids is 1. The Balaban J connectivity index is 1.84. The number of Topliss-reactive ketones (excluding diaryl/α,β-unsaturated/α-hetero) is 1. The lowest BCUT2D eigenvalue weighted by Crippen LogP contribution is -2.65. The van der Waals surface area contributed by atoms with Gasteiger partial charge in [-0.1, -0.05) is 0 Å². The van der Waals surface area contributed by atoms with E-state index in [4.69, 9.17) is 0 Å². The third kappa shape index (κ3) is 2.30. The van der Waals surface area contributed by atoms with Gasteiger partial charge in [0.05, 0.1) is 23.3 Å². The van der Waals surface area contributed by atoms with E-state index in [1.807, 2.05) is 0 Å². The van der Waals surface area contributed by atoms with Crippen molar-refractivity contribution >= 4 is 5.78 Å². The van der Waals surface area contributed by atoms with Crippen LogP contribution in [0.1, 0.15) is 64.2 Å². The molecule has 3 aliphatic rings. The number of rotatable bonds is 0. The second kappa shape index (κ2) is 5.05. The fraction of sp³-hybridized carbons (Fsp3) is 0.933. The third-order valence-corrected chi connectivity index (χ3v) is 5.69.